The summed E-state index contributed by atoms with van der Waals surface area (Å²) in [6, 6.07) is 9.62. The summed E-state index contributed by atoms with van der Waals surface area (Å²) < 4.78 is 2.08. The Labute approximate surface area is 137 Å². The molecule has 0 aliphatic heterocycles. The molecule has 3 aromatic rings. The van der Waals surface area contributed by atoms with Crippen LogP contribution in [0.15, 0.2) is 35.1 Å². The second-order valence-electron chi connectivity index (χ2n) is 5.84. The van der Waals surface area contributed by atoms with Crippen molar-refractivity contribution in [1.29, 1.82) is 0 Å². The molecule has 0 saturated heterocycles. The van der Waals surface area contributed by atoms with Gasteiger partial charge in [-0.05, 0) is 55.1 Å². The van der Waals surface area contributed by atoms with E-state index in [0.717, 1.165) is 28.7 Å². The Morgan fingerprint density at radius 1 is 1.32 bits per heavy atom. The van der Waals surface area contributed by atoms with Gasteiger partial charge in [-0.25, -0.2) is 0 Å². The molecule has 0 fully saturated rings. The molecule has 1 aliphatic rings. The molecule has 1 N–H and O–H groups in total. The number of H-pyrrole nitrogens is 1. The minimum atomic E-state index is 0.0104. The van der Waals surface area contributed by atoms with Crippen LogP contribution in [0.25, 0.3) is 15.9 Å². The van der Waals surface area contributed by atoms with Crippen LogP contribution in [0.5, 0.6) is 0 Å². The van der Waals surface area contributed by atoms with Crippen molar-refractivity contribution in [1.82, 2.24) is 9.55 Å². The Morgan fingerprint density at radius 3 is 2.86 bits per heavy atom. The zero-order valence-corrected chi connectivity index (χ0v) is 13.9. The molecule has 0 unspecified atom stereocenters. The summed E-state index contributed by atoms with van der Waals surface area (Å²) in [5.74, 6) is 0.443. The predicted molar refractivity (Wildman–Crippen MR) is 94.0 cm³/mol. The molecule has 0 saturated carbocycles. The topological polar surface area (TPSA) is 37.8 Å². The second kappa shape index (κ2) is 5.18. The highest BCUT2D eigenvalue weighted by molar-refractivity contribution is 7.71. The molecule has 2 heterocycles. The Balaban J connectivity index is 2.11. The van der Waals surface area contributed by atoms with Crippen LogP contribution in [0.4, 0.5) is 0 Å². The minimum absolute atomic E-state index is 0.0104. The first-order chi connectivity index (χ1) is 10.7. The Hall–Kier alpha value is -1.72. The number of fused-ring (bicyclic) bond motifs is 3. The number of para-hydroxylation sites is 1. The Morgan fingerprint density at radius 2 is 2.09 bits per heavy atom. The van der Waals surface area contributed by atoms with Gasteiger partial charge in [0.15, 0.2) is 4.77 Å². The first-order valence-corrected chi connectivity index (χ1v) is 8.75. The molecular weight excluding hydrogens is 312 g/mol. The van der Waals surface area contributed by atoms with Crippen LogP contribution in [0.1, 0.15) is 36.1 Å². The number of thiophene rings is 1. The van der Waals surface area contributed by atoms with E-state index in [1.807, 2.05) is 30.3 Å². The monoisotopic (exact) mass is 328 g/mol. The predicted octanol–water partition coefficient (Wildman–Crippen LogP) is 4.55. The van der Waals surface area contributed by atoms with E-state index in [1.165, 1.54) is 16.9 Å². The SMILES string of the molecule is C[C@H]1CCCc2sc3[nH]c(=S)n(-c4ccccc4)c(=O)c3c21. The van der Waals surface area contributed by atoms with Gasteiger partial charge in [0.1, 0.15) is 4.83 Å². The fourth-order valence-electron chi connectivity index (χ4n) is 3.38. The minimum Gasteiger partial charge on any atom is -0.323 e. The van der Waals surface area contributed by atoms with Gasteiger partial charge in [0.2, 0.25) is 0 Å². The van der Waals surface area contributed by atoms with Gasteiger partial charge in [0.05, 0.1) is 11.1 Å². The molecule has 0 spiro atoms. The van der Waals surface area contributed by atoms with Gasteiger partial charge in [-0.2, -0.15) is 0 Å². The van der Waals surface area contributed by atoms with Gasteiger partial charge < -0.3 is 4.98 Å². The third kappa shape index (κ3) is 2.00. The largest absolute Gasteiger partial charge is 0.323 e. The van der Waals surface area contributed by atoms with Gasteiger partial charge in [0, 0.05) is 4.88 Å². The van der Waals surface area contributed by atoms with E-state index in [-0.39, 0.29) is 5.56 Å². The number of hydrogen-bond acceptors (Lipinski definition) is 3. The molecule has 3 nitrogen and oxygen atoms in total. The molecule has 0 bridgehead atoms. The second-order valence-corrected chi connectivity index (χ2v) is 7.33. The number of rotatable bonds is 1. The number of aromatic nitrogens is 2. The van der Waals surface area contributed by atoms with Crippen LogP contribution in [0.2, 0.25) is 0 Å². The van der Waals surface area contributed by atoms with Gasteiger partial charge in [-0.15, -0.1) is 11.3 Å². The van der Waals surface area contributed by atoms with Gasteiger partial charge in [-0.3, -0.25) is 9.36 Å². The fourth-order valence-corrected chi connectivity index (χ4v) is 5.09. The maximum atomic E-state index is 13.1. The molecule has 1 atom stereocenters. The molecule has 5 heteroatoms. The van der Waals surface area contributed by atoms with Crippen molar-refractivity contribution in [2.75, 3.05) is 0 Å². The zero-order valence-electron chi connectivity index (χ0n) is 12.3. The summed E-state index contributed by atoms with van der Waals surface area (Å²) in [6.45, 7) is 2.22. The fraction of sp³-hybridized carbons (Fsp3) is 0.294. The van der Waals surface area contributed by atoms with Crippen LogP contribution in [-0.2, 0) is 6.42 Å². The molecule has 112 valence electrons. The lowest BCUT2D eigenvalue weighted by molar-refractivity contribution is 0.601. The van der Waals surface area contributed by atoms with Crippen molar-refractivity contribution in [3.63, 3.8) is 0 Å². The molecule has 22 heavy (non-hydrogen) atoms. The van der Waals surface area contributed by atoms with Crippen LogP contribution < -0.4 is 5.56 Å². The summed E-state index contributed by atoms with van der Waals surface area (Å²) in [6.07, 6.45) is 3.43. The normalized spacial score (nSPS) is 17.6. The molecule has 1 aromatic carbocycles. The number of nitrogens with one attached hydrogen (secondary N) is 1. The van der Waals surface area contributed by atoms with Crippen molar-refractivity contribution >= 4 is 33.8 Å². The third-order valence-electron chi connectivity index (χ3n) is 4.41. The average Bonchev–Trinajstić information content (AvgIpc) is 2.88. The Kier molecular flexibility index (Phi) is 3.27. The number of benzene rings is 1. The quantitative estimate of drug-likeness (QED) is 0.666. The number of nitrogens with zero attached hydrogens (tertiary/aromatic N) is 1. The molecule has 4 rings (SSSR count). The van der Waals surface area contributed by atoms with E-state index < -0.39 is 0 Å². The number of hydrogen-bond donors (Lipinski definition) is 1. The summed E-state index contributed by atoms with van der Waals surface area (Å²) >= 11 is 7.13. The third-order valence-corrected chi connectivity index (χ3v) is 5.88. The average molecular weight is 328 g/mol. The first kappa shape index (κ1) is 13.9. The molecule has 0 radical (unpaired) electrons. The van der Waals surface area contributed by atoms with Crippen LogP contribution in [0, 0.1) is 4.77 Å². The van der Waals surface area contributed by atoms with E-state index >= 15 is 0 Å². The van der Waals surface area contributed by atoms with E-state index in [9.17, 15) is 4.79 Å². The van der Waals surface area contributed by atoms with Gasteiger partial charge >= 0.3 is 0 Å². The van der Waals surface area contributed by atoms with Gasteiger partial charge in [-0.1, -0.05) is 25.1 Å². The highest BCUT2D eigenvalue weighted by Crippen LogP contribution is 2.40. The van der Waals surface area contributed by atoms with Crippen molar-refractivity contribution in [2.45, 2.75) is 32.1 Å². The lowest BCUT2D eigenvalue weighted by Gasteiger charge is -2.18. The maximum Gasteiger partial charge on any atom is 0.267 e. The molecular formula is C17H16N2OS2. The number of aryl methyl sites for hydroxylation is 1. The van der Waals surface area contributed by atoms with Crippen LogP contribution in [0.3, 0.4) is 0 Å². The van der Waals surface area contributed by atoms with Crippen LogP contribution >= 0.6 is 23.6 Å². The maximum absolute atomic E-state index is 13.1. The summed E-state index contributed by atoms with van der Waals surface area (Å²) in [4.78, 5) is 18.7. The number of aromatic amines is 1. The van der Waals surface area contributed by atoms with Crippen molar-refractivity contribution in [3.05, 3.63) is 55.9 Å². The molecule has 0 amide bonds. The summed E-state index contributed by atoms with van der Waals surface area (Å²) in [7, 11) is 0. The van der Waals surface area contributed by atoms with Crippen molar-refractivity contribution in [3.8, 4) is 5.69 Å². The molecule has 2 aromatic heterocycles. The standard InChI is InChI=1S/C17H16N2OS2/c1-10-6-5-9-12-13(10)14-15(22-12)18-17(21)19(16(14)20)11-7-3-2-4-8-11/h2-4,7-8,10H,5-6,9H2,1H3,(H,18,21)/t10-/m0/s1. The summed E-state index contributed by atoms with van der Waals surface area (Å²) in [5.41, 5.74) is 2.07. The van der Waals surface area contributed by atoms with Crippen LogP contribution in [-0.4, -0.2) is 9.55 Å². The molecule has 1 aliphatic carbocycles. The highest BCUT2D eigenvalue weighted by Gasteiger charge is 2.25. The van der Waals surface area contributed by atoms with Crippen molar-refractivity contribution in [2.24, 2.45) is 0 Å². The van der Waals surface area contributed by atoms with E-state index in [0.29, 0.717) is 10.7 Å². The van der Waals surface area contributed by atoms with E-state index in [2.05, 4.69) is 11.9 Å². The lowest BCUT2D eigenvalue weighted by Crippen LogP contribution is -2.21. The van der Waals surface area contributed by atoms with Gasteiger partial charge in [0.25, 0.3) is 5.56 Å². The van der Waals surface area contributed by atoms with E-state index in [1.54, 1.807) is 15.9 Å². The van der Waals surface area contributed by atoms with E-state index in [4.69, 9.17) is 12.2 Å². The smallest absolute Gasteiger partial charge is 0.267 e. The lowest BCUT2D eigenvalue weighted by atomic mass is 9.88. The zero-order chi connectivity index (χ0) is 15.3. The Bertz CT molecular complexity index is 966. The highest BCUT2D eigenvalue weighted by atomic mass is 32.1. The summed E-state index contributed by atoms with van der Waals surface area (Å²) in [5, 5.41) is 0.838. The first-order valence-electron chi connectivity index (χ1n) is 7.53. The van der Waals surface area contributed by atoms with Crippen molar-refractivity contribution < 1.29 is 0 Å².